The van der Waals surface area contributed by atoms with Crippen molar-refractivity contribution in [1.29, 1.82) is 0 Å². The van der Waals surface area contributed by atoms with Crippen molar-refractivity contribution in [2.75, 3.05) is 31.6 Å². The van der Waals surface area contributed by atoms with Crippen LogP contribution in [0.1, 0.15) is 30.6 Å². The number of hydrogen-bond donors (Lipinski definition) is 1. The van der Waals surface area contributed by atoms with Gasteiger partial charge in [-0.3, -0.25) is 14.9 Å². The van der Waals surface area contributed by atoms with Gasteiger partial charge in [-0.1, -0.05) is 13.8 Å². The average molecular weight is 349 g/mol. The van der Waals surface area contributed by atoms with Crippen LogP contribution in [0.4, 0.5) is 11.4 Å². The summed E-state index contributed by atoms with van der Waals surface area (Å²) in [5, 5.41) is 13.8. The van der Waals surface area contributed by atoms with Gasteiger partial charge in [-0.25, -0.2) is 4.79 Å². The number of hydrogen-bond acceptors (Lipinski definition) is 6. The van der Waals surface area contributed by atoms with Crippen molar-refractivity contribution in [1.82, 2.24) is 5.32 Å². The normalized spacial score (nSPS) is 20.0. The number of nitro benzene ring substituents is 1. The van der Waals surface area contributed by atoms with E-state index in [0.717, 1.165) is 19.5 Å². The van der Waals surface area contributed by atoms with Crippen LogP contribution in [0.15, 0.2) is 18.2 Å². The number of carbonyl (C=O) groups is 2. The van der Waals surface area contributed by atoms with Gasteiger partial charge in [0.05, 0.1) is 10.5 Å². The van der Waals surface area contributed by atoms with E-state index in [-0.39, 0.29) is 11.3 Å². The minimum atomic E-state index is -0.765. The summed E-state index contributed by atoms with van der Waals surface area (Å²) in [6.07, 6.45) is 1.09. The van der Waals surface area contributed by atoms with E-state index in [0.29, 0.717) is 17.5 Å². The van der Waals surface area contributed by atoms with Gasteiger partial charge < -0.3 is 15.0 Å². The molecule has 1 amide bonds. The number of amides is 1. The van der Waals surface area contributed by atoms with Crippen molar-refractivity contribution in [3.8, 4) is 0 Å². The van der Waals surface area contributed by atoms with Crippen LogP contribution in [0.2, 0.25) is 0 Å². The van der Waals surface area contributed by atoms with Gasteiger partial charge in [0.25, 0.3) is 11.6 Å². The number of esters is 1. The first-order valence-corrected chi connectivity index (χ1v) is 8.23. The smallest absolute Gasteiger partial charge is 0.338 e. The van der Waals surface area contributed by atoms with E-state index in [1.807, 2.05) is 4.90 Å². The molecule has 0 unspecified atom stereocenters. The minimum Gasteiger partial charge on any atom is -0.452 e. The van der Waals surface area contributed by atoms with Gasteiger partial charge in [-0.15, -0.1) is 0 Å². The molecule has 8 heteroatoms. The van der Waals surface area contributed by atoms with Gasteiger partial charge in [0.2, 0.25) is 0 Å². The number of carbonyl (C=O) groups excluding carboxylic acids is 2. The van der Waals surface area contributed by atoms with Crippen LogP contribution < -0.4 is 10.2 Å². The van der Waals surface area contributed by atoms with Crippen molar-refractivity contribution in [3.05, 3.63) is 33.9 Å². The highest BCUT2D eigenvalue weighted by molar-refractivity contribution is 5.93. The van der Waals surface area contributed by atoms with Crippen molar-refractivity contribution >= 4 is 23.3 Å². The van der Waals surface area contributed by atoms with Crippen LogP contribution >= 0.6 is 0 Å². The summed E-state index contributed by atoms with van der Waals surface area (Å²) in [5.41, 5.74) is 0.430. The zero-order chi connectivity index (χ0) is 18.6. The average Bonchev–Trinajstić information content (AvgIpc) is 2.57. The molecule has 2 rings (SSSR count). The largest absolute Gasteiger partial charge is 0.452 e. The zero-order valence-corrected chi connectivity index (χ0v) is 14.7. The molecule has 1 aromatic rings. The molecule has 1 aliphatic heterocycles. The number of anilines is 1. The third kappa shape index (κ3) is 4.68. The topological polar surface area (TPSA) is 102 Å². The summed E-state index contributed by atoms with van der Waals surface area (Å²) in [6, 6.07) is 4.29. The monoisotopic (exact) mass is 349 g/mol. The second-order valence-electron chi connectivity index (χ2n) is 6.56. The second-order valence-corrected chi connectivity index (χ2v) is 6.56. The van der Waals surface area contributed by atoms with E-state index in [1.165, 1.54) is 19.2 Å². The van der Waals surface area contributed by atoms with Crippen LogP contribution in [-0.4, -0.2) is 43.5 Å². The molecule has 8 nitrogen and oxygen atoms in total. The lowest BCUT2D eigenvalue weighted by atomic mass is 9.91. The highest BCUT2D eigenvalue weighted by atomic mass is 16.6. The number of benzene rings is 1. The van der Waals surface area contributed by atoms with E-state index in [9.17, 15) is 19.7 Å². The Morgan fingerprint density at radius 3 is 2.52 bits per heavy atom. The molecule has 0 aromatic heterocycles. The fourth-order valence-electron chi connectivity index (χ4n) is 3.21. The molecule has 0 bridgehead atoms. The zero-order valence-electron chi connectivity index (χ0n) is 14.7. The van der Waals surface area contributed by atoms with Crippen molar-refractivity contribution < 1.29 is 19.2 Å². The fourth-order valence-corrected chi connectivity index (χ4v) is 3.21. The molecule has 1 aliphatic rings. The summed E-state index contributed by atoms with van der Waals surface area (Å²) in [5.74, 6) is -0.324. The maximum absolute atomic E-state index is 12.0. The predicted molar refractivity (Wildman–Crippen MR) is 92.6 cm³/mol. The van der Waals surface area contributed by atoms with Crippen LogP contribution in [0.5, 0.6) is 0 Å². The number of nitrogens with zero attached hydrogens (tertiary/aromatic N) is 2. The Labute approximate surface area is 146 Å². The highest BCUT2D eigenvalue weighted by Crippen LogP contribution is 2.33. The van der Waals surface area contributed by atoms with E-state index in [1.54, 1.807) is 6.07 Å². The third-order valence-corrected chi connectivity index (χ3v) is 4.23. The van der Waals surface area contributed by atoms with Gasteiger partial charge in [0.15, 0.2) is 6.61 Å². The standard InChI is InChI=1S/C17H23N3O5/c1-11-6-12(2)9-19(8-11)14-5-4-13(7-15(14)20(23)24)17(22)25-10-16(21)18-3/h4-5,7,11-12H,6,8-10H2,1-3H3,(H,18,21)/t11-,12-/m1/s1. The molecular formula is C17H23N3O5. The summed E-state index contributed by atoms with van der Waals surface area (Å²) in [7, 11) is 1.43. The fraction of sp³-hybridized carbons (Fsp3) is 0.529. The van der Waals surface area contributed by atoms with Gasteiger partial charge >= 0.3 is 5.97 Å². The molecule has 1 N–H and O–H groups in total. The Hall–Kier alpha value is -2.64. The number of rotatable bonds is 5. The van der Waals surface area contributed by atoms with Gasteiger partial charge in [-0.05, 0) is 30.4 Å². The van der Waals surface area contributed by atoms with Crippen LogP contribution in [0.25, 0.3) is 0 Å². The molecule has 25 heavy (non-hydrogen) atoms. The van der Waals surface area contributed by atoms with E-state index in [4.69, 9.17) is 4.74 Å². The molecule has 2 atom stereocenters. The molecule has 0 radical (unpaired) electrons. The summed E-state index contributed by atoms with van der Waals surface area (Å²) >= 11 is 0. The lowest BCUT2D eigenvalue weighted by Gasteiger charge is -2.36. The maximum Gasteiger partial charge on any atom is 0.338 e. The minimum absolute atomic E-state index is 0.0532. The lowest BCUT2D eigenvalue weighted by molar-refractivity contribution is -0.384. The Balaban J connectivity index is 2.24. The SMILES string of the molecule is CNC(=O)COC(=O)c1ccc(N2C[C@H](C)C[C@@H](C)C2)c([N+](=O)[O-])c1. The molecule has 1 heterocycles. The summed E-state index contributed by atoms with van der Waals surface area (Å²) < 4.78 is 4.85. The molecule has 1 saturated heterocycles. The van der Waals surface area contributed by atoms with Crippen molar-refractivity contribution in [3.63, 3.8) is 0 Å². The number of piperidine rings is 1. The van der Waals surface area contributed by atoms with Gasteiger partial charge in [0, 0.05) is 26.2 Å². The van der Waals surface area contributed by atoms with Crippen LogP contribution in [-0.2, 0) is 9.53 Å². The predicted octanol–water partition coefficient (Wildman–Crippen LogP) is 1.98. The molecular weight excluding hydrogens is 326 g/mol. The van der Waals surface area contributed by atoms with E-state index >= 15 is 0 Å². The van der Waals surface area contributed by atoms with Crippen molar-refractivity contribution in [2.24, 2.45) is 11.8 Å². The number of likely N-dealkylation sites (N-methyl/N-ethyl adjacent to an activating group) is 1. The summed E-state index contributed by atoms with van der Waals surface area (Å²) in [4.78, 5) is 36.1. The van der Waals surface area contributed by atoms with Gasteiger partial charge in [0.1, 0.15) is 5.69 Å². The molecule has 0 saturated carbocycles. The Morgan fingerprint density at radius 2 is 1.96 bits per heavy atom. The van der Waals surface area contributed by atoms with E-state index in [2.05, 4.69) is 19.2 Å². The Bertz CT molecular complexity index is 666. The molecule has 136 valence electrons. The number of nitrogens with one attached hydrogen (secondary N) is 1. The quantitative estimate of drug-likeness (QED) is 0.495. The molecule has 1 aromatic carbocycles. The van der Waals surface area contributed by atoms with Crippen LogP contribution in [0, 0.1) is 22.0 Å². The maximum atomic E-state index is 12.0. The van der Waals surface area contributed by atoms with Crippen LogP contribution in [0.3, 0.4) is 0 Å². The highest BCUT2D eigenvalue weighted by Gasteiger charge is 2.28. The summed E-state index contributed by atoms with van der Waals surface area (Å²) in [6.45, 7) is 5.31. The van der Waals surface area contributed by atoms with E-state index < -0.39 is 23.4 Å². The molecule has 0 spiro atoms. The Morgan fingerprint density at radius 1 is 1.32 bits per heavy atom. The second kappa shape index (κ2) is 7.96. The lowest BCUT2D eigenvalue weighted by Crippen LogP contribution is -2.39. The third-order valence-electron chi connectivity index (χ3n) is 4.23. The Kier molecular flexibility index (Phi) is 5.95. The number of nitro groups is 1. The first kappa shape index (κ1) is 18.7. The van der Waals surface area contributed by atoms with Gasteiger partial charge in [-0.2, -0.15) is 0 Å². The molecule has 0 aliphatic carbocycles. The number of ether oxygens (including phenoxy) is 1. The first-order chi connectivity index (χ1) is 11.8. The first-order valence-electron chi connectivity index (χ1n) is 8.23. The van der Waals surface area contributed by atoms with Crippen molar-refractivity contribution in [2.45, 2.75) is 20.3 Å². The molecule has 1 fully saturated rings.